The van der Waals surface area contributed by atoms with Crippen molar-refractivity contribution in [1.29, 1.82) is 0 Å². The summed E-state index contributed by atoms with van der Waals surface area (Å²) in [6, 6.07) is 8.97. The molecule has 3 nitrogen and oxygen atoms in total. The molecule has 19 heavy (non-hydrogen) atoms. The van der Waals surface area contributed by atoms with Crippen LogP contribution in [0.15, 0.2) is 35.1 Å². The molecule has 0 aliphatic heterocycles. The molecule has 0 fully saturated rings. The van der Waals surface area contributed by atoms with Crippen molar-refractivity contribution >= 4 is 17.3 Å². The minimum absolute atomic E-state index is 0.0278. The molecule has 1 aromatic heterocycles. The molecule has 0 saturated carbocycles. The van der Waals surface area contributed by atoms with E-state index in [0.717, 1.165) is 30.5 Å². The first-order chi connectivity index (χ1) is 9.15. The van der Waals surface area contributed by atoms with Crippen molar-refractivity contribution in [3.8, 4) is 0 Å². The maximum absolute atomic E-state index is 12.1. The van der Waals surface area contributed by atoms with Gasteiger partial charge < -0.3 is 10.3 Å². The van der Waals surface area contributed by atoms with Crippen LogP contribution in [0.25, 0.3) is 0 Å². The summed E-state index contributed by atoms with van der Waals surface area (Å²) in [5.41, 5.74) is 9.98. The number of hydrogen-bond acceptors (Lipinski definition) is 2. The molecular formula is C15H15ClN2O. The van der Waals surface area contributed by atoms with Crippen LogP contribution in [0.5, 0.6) is 0 Å². The van der Waals surface area contributed by atoms with Gasteiger partial charge in [-0.3, -0.25) is 4.79 Å². The molecule has 2 N–H and O–H groups in total. The van der Waals surface area contributed by atoms with E-state index in [1.807, 2.05) is 16.7 Å². The molecule has 1 heterocycles. The van der Waals surface area contributed by atoms with Gasteiger partial charge in [0.1, 0.15) is 0 Å². The molecule has 2 aromatic rings. The summed E-state index contributed by atoms with van der Waals surface area (Å²) >= 11 is 6.00. The number of rotatable bonds is 2. The number of nitrogens with zero attached hydrogens (tertiary/aromatic N) is 1. The summed E-state index contributed by atoms with van der Waals surface area (Å²) in [5.74, 6) is 0. The topological polar surface area (TPSA) is 48.0 Å². The van der Waals surface area contributed by atoms with E-state index in [1.54, 1.807) is 18.2 Å². The zero-order valence-electron chi connectivity index (χ0n) is 10.5. The number of hydrogen-bond donors (Lipinski definition) is 1. The van der Waals surface area contributed by atoms with E-state index in [9.17, 15) is 4.79 Å². The van der Waals surface area contributed by atoms with E-state index in [1.165, 1.54) is 5.56 Å². The third-order valence-electron chi connectivity index (χ3n) is 3.68. The highest BCUT2D eigenvalue weighted by Gasteiger charge is 2.16. The van der Waals surface area contributed by atoms with Gasteiger partial charge in [0.15, 0.2) is 0 Å². The predicted molar refractivity (Wildman–Crippen MR) is 77.7 cm³/mol. The minimum Gasteiger partial charge on any atom is -0.398 e. The van der Waals surface area contributed by atoms with Crippen molar-refractivity contribution in [3.05, 3.63) is 62.5 Å². The second kappa shape index (κ2) is 4.74. The molecular weight excluding hydrogens is 260 g/mol. The summed E-state index contributed by atoms with van der Waals surface area (Å²) in [4.78, 5) is 12.1. The first-order valence-corrected chi connectivity index (χ1v) is 6.78. The Labute approximate surface area is 116 Å². The van der Waals surface area contributed by atoms with Crippen molar-refractivity contribution in [2.24, 2.45) is 0 Å². The van der Waals surface area contributed by atoms with Crippen LogP contribution in [0.4, 0.5) is 5.69 Å². The molecule has 1 aliphatic rings. The van der Waals surface area contributed by atoms with Crippen molar-refractivity contribution in [2.75, 3.05) is 5.73 Å². The molecule has 0 saturated heterocycles. The number of pyridine rings is 1. The fourth-order valence-electron chi connectivity index (χ4n) is 2.69. The predicted octanol–water partition coefficient (Wildman–Crippen LogP) is 2.62. The summed E-state index contributed by atoms with van der Waals surface area (Å²) in [6.07, 6.45) is 3.14. The van der Waals surface area contributed by atoms with Gasteiger partial charge in [0.2, 0.25) is 0 Å². The Bertz CT molecular complexity index is 691. The SMILES string of the molecule is Nc1ccc(Cl)cc1Cn1c2c(ccc1=O)CCC2. The molecule has 0 amide bonds. The number of aromatic nitrogens is 1. The maximum Gasteiger partial charge on any atom is 0.251 e. The highest BCUT2D eigenvalue weighted by Crippen LogP contribution is 2.23. The number of benzene rings is 1. The number of nitrogen functional groups attached to an aromatic ring is 1. The fourth-order valence-corrected chi connectivity index (χ4v) is 2.88. The Balaban J connectivity index is 2.07. The molecule has 0 radical (unpaired) electrons. The minimum atomic E-state index is 0.0278. The van der Waals surface area contributed by atoms with Crippen LogP contribution < -0.4 is 11.3 Å². The average molecular weight is 275 g/mol. The van der Waals surface area contributed by atoms with Crippen LogP contribution >= 0.6 is 11.6 Å². The normalized spacial score (nSPS) is 13.5. The zero-order valence-corrected chi connectivity index (χ0v) is 11.3. The lowest BCUT2D eigenvalue weighted by Gasteiger charge is -2.13. The molecule has 0 spiro atoms. The average Bonchev–Trinajstić information content (AvgIpc) is 2.85. The summed E-state index contributed by atoms with van der Waals surface area (Å²) in [6.45, 7) is 0.494. The summed E-state index contributed by atoms with van der Waals surface area (Å²) < 4.78 is 1.82. The quantitative estimate of drug-likeness (QED) is 0.856. The lowest BCUT2D eigenvalue weighted by molar-refractivity contribution is 0.709. The van der Waals surface area contributed by atoms with Gasteiger partial charge in [-0.2, -0.15) is 0 Å². The van der Waals surface area contributed by atoms with Crippen molar-refractivity contribution in [3.63, 3.8) is 0 Å². The fraction of sp³-hybridized carbons (Fsp3) is 0.267. The first-order valence-electron chi connectivity index (χ1n) is 6.40. The summed E-state index contributed by atoms with van der Waals surface area (Å²) in [5, 5.41) is 0.643. The monoisotopic (exact) mass is 274 g/mol. The number of aryl methyl sites for hydroxylation is 1. The van der Waals surface area contributed by atoms with Gasteiger partial charge in [-0.1, -0.05) is 17.7 Å². The Morgan fingerprint density at radius 1 is 1.21 bits per heavy atom. The van der Waals surface area contributed by atoms with Crippen molar-refractivity contribution < 1.29 is 0 Å². The van der Waals surface area contributed by atoms with Crippen LogP contribution in [0.2, 0.25) is 5.02 Å². The molecule has 0 atom stereocenters. The van der Waals surface area contributed by atoms with Crippen molar-refractivity contribution in [1.82, 2.24) is 4.57 Å². The standard InChI is InChI=1S/C15H15ClN2O/c16-12-5-6-13(17)11(8-12)9-18-14-3-1-2-10(14)4-7-15(18)19/h4-8H,1-3,9,17H2. The second-order valence-corrected chi connectivity index (χ2v) is 5.36. The summed E-state index contributed by atoms with van der Waals surface area (Å²) in [7, 11) is 0. The Morgan fingerprint density at radius 3 is 2.89 bits per heavy atom. The lowest BCUT2D eigenvalue weighted by Crippen LogP contribution is -2.23. The van der Waals surface area contributed by atoms with E-state index in [0.29, 0.717) is 17.3 Å². The van der Waals surface area contributed by atoms with Gasteiger partial charge in [-0.05, 0) is 48.6 Å². The lowest BCUT2D eigenvalue weighted by atomic mass is 10.1. The van der Waals surface area contributed by atoms with Gasteiger partial charge >= 0.3 is 0 Å². The molecule has 98 valence electrons. The largest absolute Gasteiger partial charge is 0.398 e. The van der Waals surface area contributed by atoms with Gasteiger partial charge in [-0.25, -0.2) is 0 Å². The number of halogens is 1. The van der Waals surface area contributed by atoms with E-state index in [4.69, 9.17) is 17.3 Å². The van der Waals surface area contributed by atoms with Gasteiger partial charge in [0.25, 0.3) is 5.56 Å². The van der Waals surface area contributed by atoms with Gasteiger partial charge in [0.05, 0.1) is 6.54 Å². The van der Waals surface area contributed by atoms with Crippen LogP contribution in [-0.4, -0.2) is 4.57 Å². The zero-order chi connectivity index (χ0) is 13.4. The van der Waals surface area contributed by atoms with E-state index in [2.05, 4.69) is 0 Å². The van der Waals surface area contributed by atoms with E-state index >= 15 is 0 Å². The Morgan fingerprint density at radius 2 is 2.05 bits per heavy atom. The second-order valence-electron chi connectivity index (χ2n) is 4.93. The number of nitrogens with two attached hydrogens (primary N) is 1. The first kappa shape index (κ1) is 12.3. The van der Waals surface area contributed by atoms with E-state index < -0.39 is 0 Å². The number of fused-ring (bicyclic) bond motifs is 1. The van der Waals surface area contributed by atoms with Crippen LogP contribution in [-0.2, 0) is 19.4 Å². The van der Waals surface area contributed by atoms with E-state index in [-0.39, 0.29) is 5.56 Å². The maximum atomic E-state index is 12.1. The van der Waals surface area contributed by atoms with Crippen molar-refractivity contribution in [2.45, 2.75) is 25.8 Å². The highest BCUT2D eigenvalue weighted by atomic mass is 35.5. The van der Waals surface area contributed by atoms with Crippen LogP contribution in [0.3, 0.4) is 0 Å². The molecule has 4 heteroatoms. The van der Waals surface area contributed by atoms with Crippen LogP contribution in [0, 0.1) is 0 Å². The molecule has 3 rings (SSSR count). The smallest absolute Gasteiger partial charge is 0.251 e. The van der Waals surface area contributed by atoms with Gasteiger partial charge in [0, 0.05) is 22.5 Å². The molecule has 0 bridgehead atoms. The highest BCUT2D eigenvalue weighted by molar-refractivity contribution is 6.30. The Hall–Kier alpha value is -1.74. The molecule has 0 unspecified atom stereocenters. The molecule has 1 aromatic carbocycles. The molecule has 1 aliphatic carbocycles. The number of anilines is 1. The van der Waals surface area contributed by atoms with Crippen LogP contribution in [0.1, 0.15) is 23.2 Å². The Kier molecular flexibility index (Phi) is 3.07. The third kappa shape index (κ3) is 2.26. The van der Waals surface area contributed by atoms with Gasteiger partial charge in [-0.15, -0.1) is 0 Å². The third-order valence-corrected chi connectivity index (χ3v) is 3.92.